The number of anilines is 2. The topological polar surface area (TPSA) is 90.1 Å². The van der Waals surface area contributed by atoms with E-state index in [1.54, 1.807) is 57.3 Å². The summed E-state index contributed by atoms with van der Waals surface area (Å²) in [7, 11) is 1.67. The Morgan fingerprint density at radius 3 is 2.54 bits per heavy atom. The summed E-state index contributed by atoms with van der Waals surface area (Å²) in [6, 6.07) is 16.0. The largest absolute Gasteiger partial charge is 0.382 e. The van der Waals surface area contributed by atoms with Crippen molar-refractivity contribution in [2.75, 3.05) is 17.3 Å². The Bertz CT molecular complexity index is 1400. The van der Waals surface area contributed by atoms with Crippen molar-refractivity contribution in [1.82, 2.24) is 15.5 Å². The van der Waals surface area contributed by atoms with Crippen LogP contribution >= 0.6 is 11.3 Å². The van der Waals surface area contributed by atoms with Crippen LogP contribution in [0.3, 0.4) is 0 Å². The molecule has 2 amide bonds. The minimum Gasteiger partial charge on any atom is -0.382 e. The van der Waals surface area contributed by atoms with E-state index in [4.69, 9.17) is 0 Å². The molecular formula is C26H26FN5O2S. The molecule has 2 aromatic heterocycles. The van der Waals surface area contributed by atoms with Gasteiger partial charge in [0, 0.05) is 29.9 Å². The van der Waals surface area contributed by atoms with E-state index in [1.807, 2.05) is 12.1 Å². The van der Waals surface area contributed by atoms with Gasteiger partial charge in [0.1, 0.15) is 16.5 Å². The smallest absolute Gasteiger partial charge is 0.262 e. The molecule has 0 aliphatic heterocycles. The maximum absolute atomic E-state index is 14.3. The lowest BCUT2D eigenvalue weighted by molar-refractivity contribution is 0.0914. The van der Waals surface area contributed by atoms with Crippen LogP contribution in [0.4, 0.5) is 15.9 Å². The summed E-state index contributed by atoms with van der Waals surface area (Å²) in [6.45, 7) is 3.51. The molecule has 2 aromatic carbocycles. The Labute approximate surface area is 206 Å². The summed E-state index contributed by atoms with van der Waals surface area (Å²) in [6.07, 6.45) is 2.36. The summed E-state index contributed by atoms with van der Waals surface area (Å²) in [4.78, 5) is 28.6. The van der Waals surface area contributed by atoms with Gasteiger partial charge in [-0.15, -0.1) is 11.3 Å². The maximum Gasteiger partial charge on any atom is 0.262 e. The molecule has 3 N–H and O–H groups in total. The molecule has 180 valence electrons. The molecule has 0 spiro atoms. The first-order valence-electron chi connectivity index (χ1n) is 11.4. The predicted molar refractivity (Wildman–Crippen MR) is 137 cm³/mol. The number of carbonyl (C=O) groups excluding carboxylic acids is 2. The predicted octanol–water partition coefficient (Wildman–Crippen LogP) is 5.28. The van der Waals surface area contributed by atoms with E-state index in [9.17, 15) is 14.0 Å². The number of hydrogen-bond acceptors (Lipinski definition) is 5. The number of nitrogens with zero attached hydrogens (tertiary/aromatic N) is 2. The second-order valence-electron chi connectivity index (χ2n) is 9.32. The fourth-order valence-electron chi connectivity index (χ4n) is 4.01. The molecule has 4 aromatic rings. The lowest BCUT2D eigenvalue weighted by Crippen LogP contribution is -2.41. The Kier molecular flexibility index (Phi) is 5.80. The number of hydrogen-bond donors (Lipinski definition) is 3. The minimum atomic E-state index is -0.911. The van der Waals surface area contributed by atoms with E-state index in [-0.39, 0.29) is 17.6 Å². The zero-order valence-corrected chi connectivity index (χ0v) is 20.5. The molecular weight excluding hydrogens is 465 g/mol. The molecule has 1 fully saturated rings. The van der Waals surface area contributed by atoms with Gasteiger partial charge in [0.05, 0.1) is 15.8 Å². The van der Waals surface area contributed by atoms with E-state index in [2.05, 4.69) is 20.8 Å². The molecule has 1 aliphatic carbocycles. The highest BCUT2D eigenvalue weighted by molar-refractivity contribution is 7.20. The van der Waals surface area contributed by atoms with Crippen molar-refractivity contribution in [2.24, 2.45) is 0 Å². The number of nitrogens with one attached hydrogen (secondary N) is 3. The van der Waals surface area contributed by atoms with E-state index in [1.165, 1.54) is 35.1 Å². The number of H-pyrrole nitrogens is 1. The van der Waals surface area contributed by atoms with Gasteiger partial charge in [-0.25, -0.2) is 4.39 Å². The molecule has 0 unspecified atom stereocenters. The second-order valence-corrected chi connectivity index (χ2v) is 10.4. The summed E-state index contributed by atoms with van der Waals surface area (Å²) in [5.74, 6) is -0.391. The number of thiophene rings is 1. The van der Waals surface area contributed by atoms with Crippen LogP contribution in [-0.2, 0) is 5.54 Å². The third kappa shape index (κ3) is 4.64. The maximum atomic E-state index is 14.3. The summed E-state index contributed by atoms with van der Waals surface area (Å²) in [5, 5.41) is 14.2. The van der Waals surface area contributed by atoms with Gasteiger partial charge in [-0.3, -0.25) is 19.6 Å². The van der Waals surface area contributed by atoms with Crippen LogP contribution in [-0.4, -0.2) is 35.1 Å². The molecule has 1 aliphatic rings. The lowest BCUT2D eigenvalue weighted by atomic mass is 9.93. The van der Waals surface area contributed by atoms with Crippen LogP contribution in [0, 0.1) is 5.82 Å². The van der Waals surface area contributed by atoms with E-state index >= 15 is 0 Å². The molecule has 2 heterocycles. The number of benzene rings is 2. The zero-order valence-electron chi connectivity index (χ0n) is 19.7. The van der Waals surface area contributed by atoms with Gasteiger partial charge in [-0.2, -0.15) is 5.10 Å². The monoisotopic (exact) mass is 491 g/mol. The van der Waals surface area contributed by atoms with E-state index in [0.29, 0.717) is 38.1 Å². The van der Waals surface area contributed by atoms with E-state index < -0.39 is 5.54 Å². The molecule has 0 atom stereocenters. The molecule has 35 heavy (non-hydrogen) atoms. The van der Waals surface area contributed by atoms with Crippen LogP contribution in [0.5, 0.6) is 0 Å². The summed E-state index contributed by atoms with van der Waals surface area (Å²) in [5.41, 5.74) is 1.05. The number of aromatic nitrogens is 2. The number of halogens is 1. The van der Waals surface area contributed by atoms with Crippen LogP contribution in [0.25, 0.3) is 10.2 Å². The fourth-order valence-corrected chi connectivity index (χ4v) is 4.90. The third-order valence-electron chi connectivity index (χ3n) is 6.15. The molecule has 5 rings (SSSR count). The minimum absolute atomic E-state index is 0.189. The van der Waals surface area contributed by atoms with Crippen molar-refractivity contribution < 1.29 is 14.0 Å². The number of aromatic amines is 1. The van der Waals surface area contributed by atoms with Crippen molar-refractivity contribution >= 4 is 44.9 Å². The first-order valence-corrected chi connectivity index (χ1v) is 12.2. The van der Waals surface area contributed by atoms with Crippen LogP contribution in [0.15, 0.2) is 54.6 Å². The quantitative estimate of drug-likeness (QED) is 0.328. The van der Waals surface area contributed by atoms with Gasteiger partial charge in [0.15, 0.2) is 0 Å². The molecule has 7 nitrogen and oxygen atoms in total. The van der Waals surface area contributed by atoms with Gasteiger partial charge < -0.3 is 10.6 Å². The average Bonchev–Trinajstić information content (AvgIpc) is 3.40. The number of carbonyl (C=O) groups is 2. The Balaban J connectivity index is 1.34. The Morgan fingerprint density at radius 2 is 1.86 bits per heavy atom. The second kappa shape index (κ2) is 8.81. The molecule has 9 heteroatoms. The van der Waals surface area contributed by atoms with Crippen molar-refractivity contribution in [1.29, 1.82) is 0 Å². The van der Waals surface area contributed by atoms with Crippen LogP contribution in [0.1, 0.15) is 52.3 Å². The first-order chi connectivity index (χ1) is 16.7. The van der Waals surface area contributed by atoms with Gasteiger partial charge in [-0.1, -0.05) is 18.2 Å². The SMILES string of the molecule is CN(C(=O)c1ccc(NC2CC2)cc1)c1[nH]nc2sc(C(=O)NC(C)(C)c3ccccc3F)cc12. The van der Waals surface area contributed by atoms with Crippen molar-refractivity contribution in [3.8, 4) is 0 Å². The van der Waals surface area contributed by atoms with Gasteiger partial charge in [0.25, 0.3) is 11.8 Å². The molecule has 0 bridgehead atoms. The van der Waals surface area contributed by atoms with Gasteiger partial charge >= 0.3 is 0 Å². The highest BCUT2D eigenvalue weighted by Crippen LogP contribution is 2.33. The fraction of sp³-hybridized carbons (Fsp3) is 0.269. The van der Waals surface area contributed by atoms with Crippen molar-refractivity contribution in [3.05, 3.63) is 76.4 Å². The Hall–Kier alpha value is -3.72. The van der Waals surface area contributed by atoms with Crippen LogP contribution < -0.4 is 15.5 Å². The Morgan fingerprint density at radius 1 is 1.14 bits per heavy atom. The number of fused-ring (bicyclic) bond motifs is 1. The summed E-state index contributed by atoms with van der Waals surface area (Å²) < 4.78 is 14.3. The average molecular weight is 492 g/mol. The van der Waals surface area contributed by atoms with Gasteiger partial charge in [0.2, 0.25) is 0 Å². The normalized spacial score (nSPS) is 13.6. The van der Waals surface area contributed by atoms with E-state index in [0.717, 1.165) is 5.69 Å². The highest BCUT2D eigenvalue weighted by Gasteiger charge is 2.28. The van der Waals surface area contributed by atoms with Crippen molar-refractivity contribution in [2.45, 2.75) is 38.3 Å². The van der Waals surface area contributed by atoms with Gasteiger partial charge in [-0.05, 0) is 63.1 Å². The molecule has 0 saturated heterocycles. The molecule has 0 radical (unpaired) electrons. The molecule has 1 saturated carbocycles. The summed E-state index contributed by atoms with van der Waals surface area (Å²) >= 11 is 1.21. The highest BCUT2D eigenvalue weighted by atomic mass is 32.1. The number of amides is 2. The standard InChI is InChI=1S/C26H26FN5O2S/c1-26(2,19-6-4-5-7-20(19)27)29-23(33)21-14-18-22(30-31-24(18)35-21)32(3)25(34)15-8-10-16(11-9-15)28-17-12-13-17/h4-11,14,17,28H,12-13H2,1-3H3,(H,29,33)(H,30,31). The zero-order chi connectivity index (χ0) is 24.7. The van der Waals surface area contributed by atoms with Crippen LogP contribution in [0.2, 0.25) is 0 Å². The number of rotatable bonds is 7. The van der Waals surface area contributed by atoms with Crippen molar-refractivity contribution in [3.63, 3.8) is 0 Å². The third-order valence-corrected chi connectivity index (χ3v) is 7.18. The lowest BCUT2D eigenvalue weighted by Gasteiger charge is -2.27. The first kappa shape index (κ1) is 23.0.